The highest BCUT2D eigenvalue weighted by molar-refractivity contribution is 7.91. The number of anilines is 1. The van der Waals surface area contributed by atoms with Gasteiger partial charge >= 0.3 is 0 Å². The molecule has 33 heavy (non-hydrogen) atoms. The predicted octanol–water partition coefficient (Wildman–Crippen LogP) is 1.69. The van der Waals surface area contributed by atoms with Crippen LogP contribution in [0.15, 0.2) is 18.2 Å². The monoisotopic (exact) mass is 478 g/mol. The summed E-state index contributed by atoms with van der Waals surface area (Å²) in [5.41, 5.74) is 0.765. The Kier molecular flexibility index (Phi) is 6.87. The second kappa shape index (κ2) is 9.66. The highest BCUT2D eigenvalue weighted by Gasteiger charge is 2.37. The summed E-state index contributed by atoms with van der Waals surface area (Å²) in [5, 5.41) is 11.8. The molecule has 0 N–H and O–H groups in total. The zero-order valence-electron chi connectivity index (χ0n) is 18.6. The van der Waals surface area contributed by atoms with Gasteiger partial charge in [-0.2, -0.15) is 0 Å². The van der Waals surface area contributed by atoms with Crippen molar-refractivity contribution in [3.8, 4) is 0 Å². The Hall–Kier alpha value is -2.69. The molecule has 3 aliphatic heterocycles. The summed E-state index contributed by atoms with van der Waals surface area (Å²) in [4.78, 5) is 42.3. The van der Waals surface area contributed by atoms with Crippen LogP contribution in [0.1, 0.15) is 42.5 Å². The first-order chi connectivity index (χ1) is 15.7. The molecule has 0 unspecified atom stereocenters. The average Bonchev–Trinajstić information content (AvgIpc) is 3.00. The Morgan fingerprint density at radius 2 is 1.58 bits per heavy atom. The zero-order valence-corrected chi connectivity index (χ0v) is 19.5. The fraction of sp³-hybridized carbons (Fsp3) is 0.636. The fourth-order valence-corrected chi connectivity index (χ4v) is 6.67. The van der Waals surface area contributed by atoms with E-state index in [2.05, 4.69) is 0 Å². The van der Waals surface area contributed by atoms with Gasteiger partial charge < -0.3 is 14.7 Å². The lowest BCUT2D eigenvalue weighted by molar-refractivity contribution is -0.384. The molecule has 4 rings (SSSR count). The second-order valence-electron chi connectivity index (χ2n) is 9.08. The van der Waals surface area contributed by atoms with Gasteiger partial charge in [0.1, 0.15) is 5.69 Å². The first kappa shape index (κ1) is 23.5. The minimum Gasteiger partial charge on any atom is -0.366 e. The van der Waals surface area contributed by atoms with Crippen LogP contribution in [0.3, 0.4) is 0 Å². The Bertz CT molecular complexity index is 1030. The molecule has 3 saturated heterocycles. The van der Waals surface area contributed by atoms with Crippen LogP contribution in [0.25, 0.3) is 0 Å². The molecule has 2 amide bonds. The molecule has 0 bridgehead atoms. The number of nitrogens with zero attached hydrogens (tertiary/aromatic N) is 4. The average molecular weight is 479 g/mol. The molecule has 0 aliphatic carbocycles. The number of carbonyl (C=O) groups excluding carboxylic acids is 2. The normalized spacial score (nSPS) is 23.3. The number of carbonyl (C=O) groups is 2. The van der Waals surface area contributed by atoms with Crippen molar-refractivity contribution in [2.75, 3.05) is 55.7 Å². The van der Waals surface area contributed by atoms with E-state index < -0.39 is 20.7 Å². The van der Waals surface area contributed by atoms with Crippen LogP contribution >= 0.6 is 0 Å². The maximum atomic E-state index is 13.0. The van der Waals surface area contributed by atoms with Crippen LogP contribution in [0.4, 0.5) is 11.4 Å². The number of nitro benzene ring substituents is 1. The molecule has 1 atom stereocenters. The van der Waals surface area contributed by atoms with Gasteiger partial charge in [-0.25, -0.2) is 8.42 Å². The Morgan fingerprint density at radius 1 is 0.939 bits per heavy atom. The molecule has 1 aromatic carbocycles. The van der Waals surface area contributed by atoms with Crippen LogP contribution in [-0.4, -0.2) is 85.7 Å². The molecule has 0 radical (unpaired) electrons. The molecular weight excluding hydrogens is 448 g/mol. The van der Waals surface area contributed by atoms with Crippen LogP contribution in [0, 0.1) is 16.0 Å². The molecule has 0 spiro atoms. The first-order valence-corrected chi connectivity index (χ1v) is 13.4. The number of piperazine rings is 1. The van der Waals surface area contributed by atoms with E-state index in [4.69, 9.17) is 0 Å². The van der Waals surface area contributed by atoms with Crippen molar-refractivity contribution in [1.82, 2.24) is 9.80 Å². The second-order valence-corrected chi connectivity index (χ2v) is 11.3. The highest BCUT2D eigenvalue weighted by atomic mass is 32.2. The summed E-state index contributed by atoms with van der Waals surface area (Å²) < 4.78 is 23.3. The Labute approximate surface area is 193 Å². The fourth-order valence-electron chi connectivity index (χ4n) is 4.94. The summed E-state index contributed by atoms with van der Waals surface area (Å²) in [7, 11) is -3.13. The van der Waals surface area contributed by atoms with E-state index in [0.717, 1.165) is 38.8 Å². The summed E-state index contributed by atoms with van der Waals surface area (Å²) >= 11 is 0. The third-order valence-corrected chi connectivity index (χ3v) is 8.59. The van der Waals surface area contributed by atoms with Gasteiger partial charge in [0.2, 0.25) is 5.91 Å². The van der Waals surface area contributed by atoms with E-state index in [-0.39, 0.29) is 34.6 Å². The van der Waals surface area contributed by atoms with Gasteiger partial charge in [0.25, 0.3) is 11.6 Å². The first-order valence-electron chi connectivity index (χ1n) is 11.6. The summed E-state index contributed by atoms with van der Waals surface area (Å²) in [5.74, 6) is -1.00. The van der Waals surface area contributed by atoms with Crippen LogP contribution in [0.5, 0.6) is 0 Å². The standard InChI is InChI=1S/C22H30N4O6S/c27-21(24-10-12-25(13-11-24)22(28)18-7-14-33(31,32)16-18)17-5-6-19(20(15-17)26(29)30)23-8-3-1-2-4-9-23/h5-6,15,18H,1-4,7-14,16H2/t18-/m0/s1. The minimum atomic E-state index is -3.13. The van der Waals surface area contributed by atoms with Gasteiger partial charge in [-0.1, -0.05) is 12.8 Å². The SMILES string of the molecule is O=C(c1ccc(N2CCCCCC2)c([N+](=O)[O-])c1)N1CCN(C(=O)[C@H]2CCS(=O)(=O)C2)CC1. The van der Waals surface area contributed by atoms with Gasteiger partial charge in [-0.15, -0.1) is 0 Å². The highest BCUT2D eigenvalue weighted by Crippen LogP contribution is 2.31. The van der Waals surface area contributed by atoms with E-state index in [1.54, 1.807) is 21.9 Å². The zero-order chi connectivity index (χ0) is 23.6. The molecule has 0 saturated carbocycles. The Balaban J connectivity index is 1.41. The molecule has 1 aromatic rings. The Morgan fingerprint density at radius 3 is 2.15 bits per heavy atom. The van der Waals surface area contributed by atoms with Crippen molar-refractivity contribution in [1.29, 1.82) is 0 Å². The van der Waals surface area contributed by atoms with Gasteiger partial charge in [0.05, 0.1) is 22.3 Å². The lowest BCUT2D eigenvalue weighted by Crippen LogP contribution is -2.52. The van der Waals surface area contributed by atoms with Crippen molar-refractivity contribution >= 4 is 33.0 Å². The van der Waals surface area contributed by atoms with Crippen molar-refractivity contribution in [2.45, 2.75) is 32.1 Å². The van der Waals surface area contributed by atoms with Crippen LogP contribution in [0.2, 0.25) is 0 Å². The number of hydrogen-bond donors (Lipinski definition) is 0. The van der Waals surface area contributed by atoms with Gasteiger partial charge in [0.15, 0.2) is 9.84 Å². The van der Waals surface area contributed by atoms with Gasteiger partial charge in [-0.05, 0) is 31.4 Å². The summed E-state index contributed by atoms with van der Waals surface area (Å²) in [6.45, 7) is 2.82. The van der Waals surface area contributed by atoms with E-state index in [1.165, 1.54) is 6.07 Å². The van der Waals surface area contributed by atoms with E-state index in [0.29, 0.717) is 38.3 Å². The van der Waals surface area contributed by atoms with Crippen LogP contribution < -0.4 is 4.90 Å². The topological polar surface area (TPSA) is 121 Å². The number of hydrogen-bond acceptors (Lipinski definition) is 7. The van der Waals surface area contributed by atoms with E-state index in [9.17, 15) is 28.1 Å². The third kappa shape index (κ3) is 5.29. The van der Waals surface area contributed by atoms with E-state index in [1.807, 2.05) is 4.90 Å². The minimum absolute atomic E-state index is 0.0497. The predicted molar refractivity (Wildman–Crippen MR) is 123 cm³/mol. The summed E-state index contributed by atoms with van der Waals surface area (Å²) in [6, 6.07) is 4.69. The smallest absolute Gasteiger partial charge is 0.293 e. The van der Waals surface area contributed by atoms with E-state index >= 15 is 0 Å². The van der Waals surface area contributed by atoms with Crippen molar-refractivity contribution in [3.63, 3.8) is 0 Å². The van der Waals surface area contributed by atoms with Gasteiger partial charge in [-0.3, -0.25) is 19.7 Å². The van der Waals surface area contributed by atoms with Gasteiger partial charge in [0, 0.05) is 50.9 Å². The maximum Gasteiger partial charge on any atom is 0.293 e. The van der Waals surface area contributed by atoms with Crippen molar-refractivity contribution in [2.24, 2.45) is 5.92 Å². The quantitative estimate of drug-likeness (QED) is 0.477. The van der Waals surface area contributed by atoms with Crippen molar-refractivity contribution < 1.29 is 22.9 Å². The lowest BCUT2D eigenvalue weighted by Gasteiger charge is -2.36. The lowest BCUT2D eigenvalue weighted by atomic mass is 10.1. The number of benzene rings is 1. The molecule has 3 heterocycles. The molecule has 10 nitrogen and oxygen atoms in total. The molecule has 3 aliphatic rings. The summed E-state index contributed by atoms with van der Waals surface area (Å²) in [6.07, 6.45) is 4.58. The van der Waals surface area contributed by atoms with Crippen molar-refractivity contribution in [3.05, 3.63) is 33.9 Å². The molecule has 0 aromatic heterocycles. The maximum absolute atomic E-state index is 13.0. The number of sulfone groups is 1. The number of amides is 2. The third-order valence-electron chi connectivity index (χ3n) is 6.83. The molecular formula is C22H30N4O6S. The largest absolute Gasteiger partial charge is 0.366 e. The number of nitro groups is 1. The molecule has 11 heteroatoms. The molecule has 180 valence electrons. The number of rotatable bonds is 4. The molecule has 3 fully saturated rings. The van der Waals surface area contributed by atoms with Crippen LogP contribution in [-0.2, 0) is 14.6 Å².